The Labute approximate surface area is 103 Å². The number of hydrogen-bond donors (Lipinski definition) is 2. The maximum absolute atomic E-state index is 13.4. The topological polar surface area (TPSA) is 83.8 Å². The lowest BCUT2D eigenvalue weighted by Gasteiger charge is -2.18. The van der Waals surface area contributed by atoms with Crippen LogP contribution in [0.15, 0.2) is 18.2 Å². The van der Waals surface area contributed by atoms with Gasteiger partial charge in [0.1, 0.15) is 18.2 Å². The van der Waals surface area contributed by atoms with Crippen molar-refractivity contribution in [3.63, 3.8) is 0 Å². The number of rotatable bonds is 5. The lowest BCUT2D eigenvalue weighted by molar-refractivity contribution is -0.159. The first-order valence-electron chi connectivity index (χ1n) is 5.13. The number of ether oxygens (including phenoxy) is 1. The molecule has 1 rings (SSSR count). The lowest BCUT2D eigenvalue weighted by Crippen LogP contribution is -2.41. The van der Waals surface area contributed by atoms with Gasteiger partial charge in [-0.2, -0.15) is 0 Å². The predicted molar refractivity (Wildman–Crippen MR) is 60.2 cm³/mol. The Balaban J connectivity index is 2.79. The smallest absolute Gasteiger partial charge is 0.339 e. The third kappa shape index (κ3) is 3.27. The normalized spacial score (nSPS) is 13.8. The number of ketones is 1. The van der Waals surface area contributed by atoms with E-state index in [1.165, 1.54) is 19.1 Å². The van der Waals surface area contributed by atoms with E-state index in [-0.39, 0.29) is 11.3 Å². The fourth-order valence-corrected chi connectivity index (χ4v) is 1.16. The molecule has 0 aliphatic rings. The summed E-state index contributed by atoms with van der Waals surface area (Å²) in [5, 5.41) is 18.0. The van der Waals surface area contributed by atoms with E-state index >= 15 is 0 Å². The van der Waals surface area contributed by atoms with Gasteiger partial charge in [0.15, 0.2) is 11.4 Å². The molecule has 0 saturated heterocycles. The van der Waals surface area contributed by atoms with E-state index in [4.69, 9.17) is 9.84 Å². The van der Waals surface area contributed by atoms with Gasteiger partial charge in [0.05, 0.1) is 5.56 Å². The number of hydrogen-bond acceptors (Lipinski definition) is 4. The van der Waals surface area contributed by atoms with Gasteiger partial charge in [-0.15, -0.1) is 0 Å². The number of benzene rings is 1. The zero-order chi connectivity index (χ0) is 13.9. The van der Waals surface area contributed by atoms with Crippen LogP contribution in [0.2, 0.25) is 0 Å². The molecule has 98 valence electrons. The average Bonchev–Trinajstić information content (AvgIpc) is 2.25. The third-order valence-corrected chi connectivity index (χ3v) is 2.30. The first-order chi connectivity index (χ1) is 8.24. The number of carboxylic acid groups (broad SMARTS) is 1. The summed E-state index contributed by atoms with van der Waals surface area (Å²) >= 11 is 0. The van der Waals surface area contributed by atoms with Gasteiger partial charge in [0.2, 0.25) is 0 Å². The number of aliphatic hydroxyl groups is 1. The largest absolute Gasteiger partial charge is 0.490 e. The summed E-state index contributed by atoms with van der Waals surface area (Å²) < 4.78 is 18.4. The first kappa shape index (κ1) is 14.1. The second kappa shape index (κ2) is 5.14. The Morgan fingerprint density at radius 1 is 1.44 bits per heavy atom. The second-order valence-electron chi connectivity index (χ2n) is 4.07. The van der Waals surface area contributed by atoms with Gasteiger partial charge < -0.3 is 14.9 Å². The van der Waals surface area contributed by atoms with Crippen molar-refractivity contribution in [2.75, 3.05) is 6.61 Å². The summed E-state index contributed by atoms with van der Waals surface area (Å²) in [4.78, 5) is 21.6. The molecule has 5 nitrogen and oxygen atoms in total. The van der Waals surface area contributed by atoms with Crippen molar-refractivity contribution in [3.8, 4) is 5.75 Å². The summed E-state index contributed by atoms with van der Waals surface area (Å²) in [6.45, 7) is 1.77. The van der Waals surface area contributed by atoms with Crippen molar-refractivity contribution < 1.29 is 28.9 Å². The minimum absolute atomic E-state index is 0.0408. The van der Waals surface area contributed by atoms with E-state index in [0.717, 1.165) is 13.0 Å². The SMILES string of the molecule is CC(=O)c1ccc(OCC(C)(O)C(=O)O)cc1F. The van der Waals surface area contributed by atoms with E-state index < -0.39 is 29.8 Å². The quantitative estimate of drug-likeness (QED) is 0.774. The maximum Gasteiger partial charge on any atom is 0.339 e. The number of carbonyl (C=O) groups excluding carboxylic acids is 1. The molecule has 1 unspecified atom stereocenters. The van der Waals surface area contributed by atoms with E-state index in [1.807, 2.05) is 0 Å². The lowest BCUT2D eigenvalue weighted by atomic mass is 10.1. The molecule has 6 heteroatoms. The van der Waals surface area contributed by atoms with Crippen molar-refractivity contribution >= 4 is 11.8 Å². The molecule has 0 bridgehead atoms. The predicted octanol–water partition coefficient (Wildman–Crippen LogP) is 1.24. The minimum Gasteiger partial charge on any atom is -0.490 e. The Bertz CT molecular complexity index is 481. The molecule has 0 aliphatic carbocycles. The number of Topliss-reactive ketones (excluding diaryl/α,β-unsaturated/α-hetero) is 1. The van der Waals surface area contributed by atoms with E-state index in [2.05, 4.69) is 0 Å². The van der Waals surface area contributed by atoms with E-state index in [0.29, 0.717) is 0 Å². The summed E-state index contributed by atoms with van der Waals surface area (Å²) in [5.41, 5.74) is -2.14. The average molecular weight is 256 g/mol. The number of halogens is 1. The summed E-state index contributed by atoms with van der Waals surface area (Å²) in [6.07, 6.45) is 0. The molecule has 0 fully saturated rings. The molecule has 0 spiro atoms. The van der Waals surface area contributed by atoms with Gasteiger partial charge in [0, 0.05) is 6.07 Å². The van der Waals surface area contributed by atoms with Gasteiger partial charge in [0.25, 0.3) is 0 Å². The van der Waals surface area contributed by atoms with E-state index in [9.17, 15) is 19.1 Å². The summed E-state index contributed by atoms with van der Waals surface area (Å²) in [6, 6.07) is 3.54. The zero-order valence-electron chi connectivity index (χ0n) is 9.94. The van der Waals surface area contributed by atoms with E-state index in [1.54, 1.807) is 0 Å². The number of carboxylic acids is 1. The molecule has 18 heavy (non-hydrogen) atoms. The Hall–Kier alpha value is -1.95. The molecule has 0 heterocycles. The van der Waals surface area contributed by atoms with Gasteiger partial charge in [-0.3, -0.25) is 4.79 Å². The molecular weight excluding hydrogens is 243 g/mol. The Kier molecular flexibility index (Phi) is 4.03. The molecule has 0 saturated carbocycles. The van der Waals surface area contributed by atoms with Crippen LogP contribution in [0.5, 0.6) is 5.75 Å². The van der Waals surface area contributed by atoms with Crippen molar-refractivity contribution in [2.24, 2.45) is 0 Å². The maximum atomic E-state index is 13.4. The molecule has 1 atom stereocenters. The second-order valence-corrected chi connectivity index (χ2v) is 4.07. The van der Waals surface area contributed by atoms with Gasteiger partial charge >= 0.3 is 5.97 Å². The third-order valence-electron chi connectivity index (χ3n) is 2.30. The summed E-state index contributed by atoms with van der Waals surface area (Å²) in [5.74, 6) is -2.58. The van der Waals surface area contributed by atoms with Crippen molar-refractivity contribution in [1.82, 2.24) is 0 Å². The summed E-state index contributed by atoms with van der Waals surface area (Å²) in [7, 11) is 0. The number of aliphatic carboxylic acids is 1. The monoisotopic (exact) mass is 256 g/mol. The van der Waals surface area contributed by atoms with Crippen LogP contribution in [0, 0.1) is 5.82 Å². The van der Waals surface area contributed by atoms with Crippen LogP contribution in [0.1, 0.15) is 24.2 Å². The zero-order valence-corrected chi connectivity index (χ0v) is 9.94. The highest BCUT2D eigenvalue weighted by Crippen LogP contribution is 2.18. The minimum atomic E-state index is -2.06. The Morgan fingerprint density at radius 2 is 2.06 bits per heavy atom. The fraction of sp³-hybridized carbons (Fsp3) is 0.333. The molecule has 0 amide bonds. The molecule has 0 radical (unpaired) electrons. The van der Waals surface area contributed by atoms with Gasteiger partial charge in [-0.25, -0.2) is 9.18 Å². The first-order valence-corrected chi connectivity index (χ1v) is 5.13. The fourth-order valence-electron chi connectivity index (χ4n) is 1.16. The van der Waals surface area contributed by atoms with Crippen LogP contribution in [-0.4, -0.2) is 34.2 Å². The molecule has 0 aromatic heterocycles. The van der Waals surface area contributed by atoms with Crippen LogP contribution in [0.3, 0.4) is 0 Å². The van der Waals surface area contributed by atoms with Crippen LogP contribution >= 0.6 is 0 Å². The molecule has 0 aliphatic heterocycles. The highest BCUT2D eigenvalue weighted by molar-refractivity contribution is 5.94. The molecular formula is C12H13FO5. The number of carbonyl (C=O) groups is 2. The van der Waals surface area contributed by atoms with Crippen LogP contribution in [-0.2, 0) is 4.79 Å². The van der Waals surface area contributed by atoms with Crippen molar-refractivity contribution in [3.05, 3.63) is 29.6 Å². The van der Waals surface area contributed by atoms with Gasteiger partial charge in [-0.1, -0.05) is 0 Å². The van der Waals surface area contributed by atoms with Crippen LogP contribution in [0.4, 0.5) is 4.39 Å². The standard InChI is InChI=1S/C12H13FO5/c1-7(14)9-4-3-8(5-10(9)13)18-6-12(2,17)11(15)16/h3-5,17H,6H2,1-2H3,(H,15,16). The molecule has 1 aromatic rings. The Morgan fingerprint density at radius 3 is 2.50 bits per heavy atom. The van der Waals surface area contributed by atoms with Crippen molar-refractivity contribution in [1.29, 1.82) is 0 Å². The van der Waals surface area contributed by atoms with Crippen molar-refractivity contribution in [2.45, 2.75) is 19.4 Å². The van der Waals surface area contributed by atoms with Gasteiger partial charge in [-0.05, 0) is 26.0 Å². The van der Waals surface area contributed by atoms with Crippen LogP contribution in [0.25, 0.3) is 0 Å². The molecule has 2 N–H and O–H groups in total. The highest BCUT2D eigenvalue weighted by Gasteiger charge is 2.31. The molecule has 1 aromatic carbocycles. The highest BCUT2D eigenvalue weighted by atomic mass is 19.1. The van der Waals surface area contributed by atoms with Crippen LogP contribution < -0.4 is 4.74 Å².